The van der Waals surface area contributed by atoms with Crippen molar-refractivity contribution in [1.82, 2.24) is 24.6 Å². The number of hydrogen-bond acceptors (Lipinski definition) is 4. The smallest absolute Gasteiger partial charge is 0.153 e. The summed E-state index contributed by atoms with van der Waals surface area (Å²) >= 11 is 0. The number of likely N-dealkylation sites (N-methyl/N-ethyl adjacent to an activating group) is 1. The van der Waals surface area contributed by atoms with Crippen LogP contribution in [-0.4, -0.2) is 63.3 Å². The fourth-order valence-electron chi connectivity index (χ4n) is 4.12. The van der Waals surface area contributed by atoms with E-state index in [1.165, 1.54) is 37.2 Å². The Morgan fingerprint density at radius 1 is 1.29 bits per heavy atom. The minimum atomic E-state index is 0.675. The van der Waals surface area contributed by atoms with Crippen LogP contribution in [-0.2, 0) is 12.8 Å². The highest BCUT2D eigenvalue weighted by Gasteiger charge is 2.32. The molecule has 24 heavy (non-hydrogen) atoms. The lowest BCUT2D eigenvalue weighted by molar-refractivity contribution is 0.191. The Labute approximate surface area is 144 Å². The number of hydrogen-bond donors (Lipinski definition) is 0. The largest absolute Gasteiger partial charge is 0.302 e. The number of pyridine rings is 1. The van der Waals surface area contributed by atoms with Gasteiger partial charge in [0.15, 0.2) is 5.82 Å². The van der Waals surface area contributed by atoms with Gasteiger partial charge in [-0.3, -0.25) is 4.90 Å². The predicted octanol–water partition coefficient (Wildman–Crippen LogP) is 2.15. The molecule has 0 bridgehead atoms. The van der Waals surface area contributed by atoms with Crippen molar-refractivity contribution < 1.29 is 0 Å². The van der Waals surface area contributed by atoms with Gasteiger partial charge in [-0.05, 0) is 57.0 Å². The normalized spacial score (nSPS) is 24.5. The Hall–Kier alpha value is -1.72. The zero-order chi connectivity index (χ0) is 16.5. The zero-order valence-electron chi connectivity index (χ0n) is 14.7. The van der Waals surface area contributed by atoms with Crippen LogP contribution in [0.2, 0.25) is 0 Å². The monoisotopic (exact) mass is 325 g/mol. The molecule has 3 heterocycles. The zero-order valence-corrected chi connectivity index (χ0v) is 14.7. The molecule has 0 saturated carbocycles. The third kappa shape index (κ3) is 2.98. The van der Waals surface area contributed by atoms with Crippen molar-refractivity contribution in [2.45, 2.75) is 44.7 Å². The van der Waals surface area contributed by atoms with Gasteiger partial charge < -0.3 is 4.90 Å². The molecule has 2 unspecified atom stereocenters. The minimum Gasteiger partial charge on any atom is -0.302 e. The number of fused-ring (bicyclic) bond motifs is 1. The summed E-state index contributed by atoms with van der Waals surface area (Å²) in [5.74, 6) is 0.911. The van der Waals surface area contributed by atoms with E-state index in [9.17, 15) is 0 Å². The average molecular weight is 325 g/mol. The van der Waals surface area contributed by atoms with E-state index in [0.717, 1.165) is 31.2 Å². The molecule has 2 aromatic rings. The van der Waals surface area contributed by atoms with Crippen LogP contribution in [0.1, 0.15) is 31.0 Å². The van der Waals surface area contributed by atoms with Crippen molar-refractivity contribution in [3.05, 3.63) is 41.9 Å². The Bertz CT molecular complexity index is 680. The Kier molecular flexibility index (Phi) is 4.37. The molecule has 1 aliphatic heterocycles. The second kappa shape index (κ2) is 6.65. The van der Waals surface area contributed by atoms with E-state index in [1.807, 2.05) is 29.1 Å². The first-order chi connectivity index (χ1) is 11.7. The molecule has 4 rings (SSSR count). The Morgan fingerprint density at radius 3 is 3.00 bits per heavy atom. The molecule has 5 nitrogen and oxygen atoms in total. The molecule has 2 aromatic heterocycles. The van der Waals surface area contributed by atoms with Crippen molar-refractivity contribution in [2.24, 2.45) is 0 Å². The summed E-state index contributed by atoms with van der Waals surface area (Å²) in [5, 5.41) is 4.77. The van der Waals surface area contributed by atoms with E-state index in [-0.39, 0.29) is 0 Å². The summed E-state index contributed by atoms with van der Waals surface area (Å²) < 4.78 is 1.95. The third-order valence-electron chi connectivity index (χ3n) is 5.76. The van der Waals surface area contributed by atoms with Crippen LogP contribution < -0.4 is 0 Å². The third-order valence-corrected chi connectivity index (χ3v) is 5.76. The van der Waals surface area contributed by atoms with Gasteiger partial charge in [0, 0.05) is 37.6 Å². The van der Waals surface area contributed by atoms with Gasteiger partial charge in [-0.2, -0.15) is 5.10 Å². The molecular formula is C19H27N5. The van der Waals surface area contributed by atoms with Crippen LogP contribution in [0.5, 0.6) is 0 Å². The standard InChI is InChI=1S/C19H27N5/c1-3-22(2)17-9-11-23(14-17)16-7-8-18-15(12-16)13-24(21-18)19-6-4-5-10-20-19/h4-6,10,13,16-17H,3,7-9,11-12,14H2,1-2H3. The van der Waals surface area contributed by atoms with Gasteiger partial charge in [0.1, 0.15) is 0 Å². The molecule has 2 atom stereocenters. The van der Waals surface area contributed by atoms with Gasteiger partial charge in [-0.25, -0.2) is 9.67 Å². The quantitative estimate of drug-likeness (QED) is 0.863. The topological polar surface area (TPSA) is 37.2 Å². The van der Waals surface area contributed by atoms with Gasteiger partial charge in [0.2, 0.25) is 0 Å². The van der Waals surface area contributed by atoms with Crippen molar-refractivity contribution in [3.8, 4) is 5.82 Å². The lowest BCUT2D eigenvalue weighted by atomic mass is 9.92. The fourth-order valence-corrected chi connectivity index (χ4v) is 4.12. The lowest BCUT2D eigenvalue weighted by Crippen LogP contribution is -2.40. The summed E-state index contributed by atoms with van der Waals surface area (Å²) in [7, 11) is 2.25. The SMILES string of the molecule is CCN(C)C1CCN(C2CCc3nn(-c4ccccn4)cc3C2)C1. The van der Waals surface area contributed by atoms with Gasteiger partial charge in [-0.1, -0.05) is 13.0 Å². The minimum absolute atomic E-state index is 0.675. The lowest BCUT2D eigenvalue weighted by Gasteiger charge is -2.31. The Morgan fingerprint density at radius 2 is 2.21 bits per heavy atom. The van der Waals surface area contributed by atoms with Crippen LogP contribution >= 0.6 is 0 Å². The molecule has 2 aliphatic rings. The second-order valence-corrected chi connectivity index (χ2v) is 7.14. The Balaban J connectivity index is 1.46. The molecule has 1 saturated heterocycles. The number of nitrogens with zero attached hydrogens (tertiary/aromatic N) is 5. The number of likely N-dealkylation sites (tertiary alicyclic amines) is 1. The molecule has 0 spiro atoms. The van der Waals surface area contributed by atoms with E-state index in [2.05, 4.69) is 35.0 Å². The summed E-state index contributed by atoms with van der Waals surface area (Å²) in [6.07, 6.45) is 8.77. The summed E-state index contributed by atoms with van der Waals surface area (Å²) in [5.41, 5.74) is 2.67. The van der Waals surface area contributed by atoms with Crippen LogP contribution in [0.4, 0.5) is 0 Å². The van der Waals surface area contributed by atoms with E-state index in [1.54, 1.807) is 0 Å². The number of rotatable bonds is 4. The molecule has 128 valence electrons. The van der Waals surface area contributed by atoms with E-state index in [4.69, 9.17) is 5.10 Å². The first-order valence-electron chi connectivity index (χ1n) is 9.17. The summed E-state index contributed by atoms with van der Waals surface area (Å²) in [4.78, 5) is 9.61. The highest BCUT2D eigenvalue weighted by molar-refractivity contribution is 5.28. The molecule has 1 aliphatic carbocycles. The highest BCUT2D eigenvalue weighted by Crippen LogP contribution is 2.27. The van der Waals surface area contributed by atoms with Crippen LogP contribution in [0.3, 0.4) is 0 Å². The highest BCUT2D eigenvalue weighted by atomic mass is 15.3. The average Bonchev–Trinajstić information content (AvgIpc) is 3.28. The molecule has 0 radical (unpaired) electrons. The van der Waals surface area contributed by atoms with Crippen LogP contribution in [0, 0.1) is 0 Å². The first kappa shape index (κ1) is 15.8. The maximum atomic E-state index is 4.77. The molecule has 1 fully saturated rings. The van der Waals surface area contributed by atoms with Crippen molar-refractivity contribution >= 4 is 0 Å². The van der Waals surface area contributed by atoms with Gasteiger partial charge >= 0.3 is 0 Å². The van der Waals surface area contributed by atoms with Gasteiger partial charge in [-0.15, -0.1) is 0 Å². The number of aryl methyl sites for hydroxylation is 1. The van der Waals surface area contributed by atoms with E-state index in [0.29, 0.717) is 6.04 Å². The van der Waals surface area contributed by atoms with Crippen LogP contribution in [0.15, 0.2) is 30.6 Å². The van der Waals surface area contributed by atoms with E-state index >= 15 is 0 Å². The van der Waals surface area contributed by atoms with Crippen LogP contribution in [0.25, 0.3) is 5.82 Å². The first-order valence-corrected chi connectivity index (χ1v) is 9.17. The molecule has 0 aromatic carbocycles. The van der Waals surface area contributed by atoms with Gasteiger partial charge in [0.25, 0.3) is 0 Å². The molecule has 5 heteroatoms. The van der Waals surface area contributed by atoms with Crippen molar-refractivity contribution in [2.75, 3.05) is 26.7 Å². The maximum Gasteiger partial charge on any atom is 0.153 e. The second-order valence-electron chi connectivity index (χ2n) is 7.14. The van der Waals surface area contributed by atoms with Crippen molar-refractivity contribution in [3.63, 3.8) is 0 Å². The summed E-state index contributed by atoms with van der Waals surface area (Å²) in [6, 6.07) is 7.38. The fraction of sp³-hybridized carbons (Fsp3) is 0.579. The number of aromatic nitrogens is 3. The summed E-state index contributed by atoms with van der Waals surface area (Å²) in [6.45, 7) is 5.85. The molecular weight excluding hydrogens is 298 g/mol. The molecule has 0 amide bonds. The van der Waals surface area contributed by atoms with Crippen molar-refractivity contribution in [1.29, 1.82) is 0 Å². The van der Waals surface area contributed by atoms with E-state index < -0.39 is 0 Å². The van der Waals surface area contributed by atoms with Gasteiger partial charge in [0.05, 0.1) is 5.69 Å². The maximum absolute atomic E-state index is 4.77. The predicted molar refractivity (Wildman–Crippen MR) is 95.5 cm³/mol. The molecule has 0 N–H and O–H groups in total.